The second kappa shape index (κ2) is 7.09. The molecular formula is C17H24F3N3O2. The number of anilines is 1. The lowest BCUT2D eigenvalue weighted by Crippen LogP contribution is -2.47. The highest BCUT2D eigenvalue weighted by Gasteiger charge is 2.32. The maximum absolute atomic E-state index is 12.6. The van der Waals surface area contributed by atoms with Crippen LogP contribution < -0.4 is 4.90 Å². The monoisotopic (exact) mass is 359 g/mol. The summed E-state index contributed by atoms with van der Waals surface area (Å²) in [4.78, 5) is 19.6. The molecule has 0 N–H and O–H groups in total. The van der Waals surface area contributed by atoms with E-state index in [4.69, 9.17) is 4.74 Å². The summed E-state index contributed by atoms with van der Waals surface area (Å²) in [5.74, 6) is 0.520. The molecule has 5 nitrogen and oxygen atoms in total. The van der Waals surface area contributed by atoms with Crippen molar-refractivity contribution in [1.29, 1.82) is 0 Å². The Morgan fingerprint density at radius 1 is 1.24 bits per heavy atom. The molecule has 1 aromatic rings. The zero-order valence-electron chi connectivity index (χ0n) is 14.9. The predicted octanol–water partition coefficient (Wildman–Crippen LogP) is 3.94. The minimum atomic E-state index is -4.38. The number of rotatable bonds is 2. The van der Waals surface area contributed by atoms with E-state index in [0.717, 1.165) is 12.3 Å². The van der Waals surface area contributed by atoms with Crippen molar-refractivity contribution in [2.45, 2.75) is 51.4 Å². The van der Waals surface area contributed by atoms with E-state index in [9.17, 15) is 18.0 Å². The van der Waals surface area contributed by atoms with Gasteiger partial charge in [0.2, 0.25) is 0 Å². The Morgan fingerprint density at radius 2 is 1.84 bits per heavy atom. The maximum atomic E-state index is 12.6. The Morgan fingerprint density at radius 3 is 2.28 bits per heavy atom. The Balaban J connectivity index is 1.92. The van der Waals surface area contributed by atoms with Gasteiger partial charge >= 0.3 is 12.3 Å². The Hall–Kier alpha value is -1.99. The van der Waals surface area contributed by atoms with Crippen molar-refractivity contribution in [3.8, 4) is 0 Å². The standard InChI is InChI=1S/C17H24F3N3O2/c1-16(2,3)25-15(24)22(4)13-7-9-23(10-8-13)14-6-5-12(11-21-14)17(18,19)20/h5-6,11,13H,7-10H2,1-4H3. The normalized spacial score (nSPS) is 16.7. The third kappa shape index (κ3) is 5.24. The summed E-state index contributed by atoms with van der Waals surface area (Å²) < 4.78 is 43.1. The number of halogens is 3. The number of hydrogen-bond donors (Lipinski definition) is 0. The number of aromatic nitrogens is 1. The molecule has 8 heteroatoms. The van der Waals surface area contributed by atoms with Crippen molar-refractivity contribution in [3.05, 3.63) is 23.9 Å². The van der Waals surface area contributed by atoms with Crippen LogP contribution >= 0.6 is 0 Å². The van der Waals surface area contributed by atoms with Crippen LogP contribution in [-0.2, 0) is 10.9 Å². The molecule has 1 amide bonds. The van der Waals surface area contributed by atoms with Crippen LogP contribution in [0.25, 0.3) is 0 Å². The second-order valence-corrected chi connectivity index (χ2v) is 7.21. The summed E-state index contributed by atoms with van der Waals surface area (Å²) in [5.41, 5.74) is -1.30. The second-order valence-electron chi connectivity index (χ2n) is 7.21. The summed E-state index contributed by atoms with van der Waals surface area (Å²) in [6.07, 6.45) is -2.47. The molecule has 1 aromatic heterocycles. The van der Waals surface area contributed by atoms with E-state index in [1.807, 2.05) is 25.7 Å². The van der Waals surface area contributed by atoms with Crippen LogP contribution in [0.5, 0.6) is 0 Å². The Kier molecular flexibility index (Phi) is 5.49. The van der Waals surface area contributed by atoms with Crippen LogP contribution in [0.2, 0.25) is 0 Å². The molecule has 0 aromatic carbocycles. The highest BCUT2D eigenvalue weighted by atomic mass is 19.4. The number of amides is 1. The zero-order valence-corrected chi connectivity index (χ0v) is 14.9. The van der Waals surface area contributed by atoms with E-state index in [1.54, 1.807) is 11.9 Å². The molecule has 0 bridgehead atoms. The zero-order chi connectivity index (χ0) is 18.8. The van der Waals surface area contributed by atoms with E-state index >= 15 is 0 Å². The third-order valence-electron chi connectivity index (χ3n) is 4.09. The van der Waals surface area contributed by atoms with Crippen LogP contribution in [0, 0.1) is 0 Å². The van der Waals surface area contributed by atoms with Crippen molar-refractivity contribution in [1.82, 2.24) is 9.88 Å². The largest absolute Gasteiger partial charge is 0.444 e. The quantitative estimate of drug-likeness (QED) is 0.802. The number of carbonyl (C=O) groups excluding carboxylic acids is 1. The van der Waals surface area contributed by atoms with Crippen molar-refractivity contribution < 1.29 is 22.7 Å². The smallest absolute Gasteiger partial charge is 0.417 e. The minimum absolute atomic E-state index is 0.0422. The molecule has 2 heterocycles. The topological polar surface area (TPSA) is 45.7 Å². The fraction of sp³-hybridized carbons (Fsp3) is 0.647. The molecule has 1 aliphatic rings. The highest BCUT2D eigenvalue weighted by Crippen LogP contribution is 2.30. The van der Waals surface area contributed by atoms with E-state index in [1.165, 1.54) is 6.07 Å². The Labute approximate surface area is 145 Å². The predicted molar refractivity (Wildman–Crippen MR) is 88.5 cm³/mol. The fourth-order valence-electron chi connectivity index (χ4n) is 2.71. The van der Waals surface area contributed by atoms with Crippen molar-refractivity contribution in [3.63, 3.8) is 0 Å². The molecular weight excluding hydrogens is 335 g/mol. The SMILES string of the molecule is CN(C(=O)OC(C)(C)C)C1CCN(c2ccc(C(F)(F)F)cn2)CC1. The molecule has 25 heavy (non-hydrogen) atoms. The number of hydrogen-bond acceptors (Lipinski definition) is 4. The lowest BCUT2D eigenvalue weighted by molar-refractivity contribution is -0.137. The fourth-order valence-corrected chi connectivity index (χ4v) is 2.71. The summed E-state index contributed by atoms with van der Waals surface area (Å²) in [5, 5.41) is 0. The van der Waals surface area contributed by atoms with Gasteiger partial charge < -0.3 is 14.5 Å². The first-order valence-electron chi connectivity index (χ1n) is 8.21. The summed E-state index contributed by atoms with van der Waals surface area (Å²) in [6.45, 7) is 6.69. The lowest BCUT2D eigenvalue weighted by atomic mass is 10.0. The summed E-state index contributed by atoms with van der Waals surface area (Å²) >= 11 is 0. The van der Waals surface area contributed by atoms with Gasteiger partial charge in [0, 0.05) is 32.4 Å². The van der Waals surface area contributed by atoms with Crippen LogP contribution in [0.1, 0.15) is 39.2 Å². The van der Waals surface area contributed by atoms with Crippen molar-refractivity contribution in [2.24, 2.45) is 0 Å². The minimum Gasteiger partial charge on any atom is -0.444 e. The lowest BCUT2D eigenvalue weighted by Gasteiger charge is -2.37. The first kappa shape index (κ1) is 19.3. The Bertz CT molecular complexity index is 589. The van der Waals surface area contributed by atoms with Crippen LogP contribution in [0.15, 0.2) is 18.3 Å². The molecule has 2 rings (SSSR count). The highest BCUT2D eigenvalue weighted by molar-refractivity contribution is 5.68. The number of alkyl halides is 3. The van der Waals surface area contributed by atoms with Gasteiger partial charge in [-0.3, -0.25) is 0 Å². The molecule has 0 aliphatic carbocycles. The average molecular weight is 359 g/mol. The number of carbonyl (C=O) groups is 1. The number of nitrogens with zero attached hydrogens (tertiary/aromatic N) is 3. The van der Waals surface area contributed by atoms with Gasteiger partial charge in [0.25, 0.3) is 0 Å². The van der Waals surface area contributed by atoms with Gasteiger partial charge in [0.15, 0.2) is 0 Å². The van der Waals surface area contributed by atoms with Gasteiger partial charge in [-0.1, -0.05) is 0 Å². The summed E-state index contributed by atoms with van der Waals surface area (Å²) in [7, 11) is 1.71. The molecule has 1 saturated heterocycles. The molecule has 140 valence electrons. The van der Waals surface area contributed by atoms with Gasteiger partial charge in [-0.15, -0.1) is 0 Å². The summed E-state index contributed by atoms with van der Waals surface area (Å²) in [6, 6.07) is 2.47. The molecule has 1 aliphatic heterocycles. The molecule has 0 atom stereocenters. The van der Waals surface area contributed by atoms with Crippen LogP contribution in [-0.4, -0.2) is 47.8 Å². The van der Waals surface area contributed by atoms with Gasteiger partial charge in [-0.2, -0.15) is 13.2 Å². The maximum Gasteiger partial charge on any atom is 0.417 e. The van der Waals surface area contributed by atoms with Gasteiger partial charge in [-0.05, 0) is 45.7 Å². The van der Waals surface area contributed by atoms with E-state index in [-0.39, 0.29) is 12.1 Å². The average Bonchev–Trinajstić information content (AvgIpc) is 2.52. The van der Waals surface area contributed by atoms with E-state index < -0.39 is 17.3 Å². The van der Waals surface area contributed by atoms with Gasteiger partial charge in [0.1, 0.15) is 11.4 Å². The first-order valence-corrected chi connectivity index (χ1v) is 8.21. The van der Waals surface area contributed by atoms with Crippen LogP contribution in [0.3, 0.4) is 0 Å². The van der Waals surface area contributed by atoms with E-state index in [2.05, 4.69) is 4.98 Å². The third-order valence-corrected chi connectivity index (χ3v) is 4.09. The molecule has 0 radical (unpaired) electrons. The number of pyridine rings is 1. The number of ether oxygens (including phenoxy) is 1. The molecule has 0 saturated carbocycles. The molecule has 1 fully saturated rings. The first-order chi connectivity index (χ1) is 11.5. The van der Waals surface area contributed by atoms with Crippen LogP contribution in [0.4, 0.5) is 23.8 Å². The van der Waals surface area contributed by atoms with Gasteiger partial charge in [0.05, 0.1) is 5.56 Å². The van der Waals surface area contributed by atoms with Crippen molar-refractivity contribution in [2.75, 3.05) is 25.0 Å². The van der Waals surface area contributed by atoms with Crippen molar-refractivity contribution >= 4 is 11.9 Å². The van der Waals surface area contributed by atoms with Gasteiger partial charge in [-0.25, -0.2) is 9.78 Å². The van der Waals surface area contributed by atoms with E-state index in [0.29, 0.717) is 31.7 Å². The molecule has 0 unspecified atom stereocenters. The molecule has 0 spiro atoms. The number of piperidine rings is 1.